The van der Waals surface area contributed by atoms with Crippen molar-refractivity contribution in [1.29, 1.82) is 0 Å². The Hall–Kier alpha value is -0.450. The van der Waals surface area contributed by atoms with Crippen molar-refractivity contribution in [1.82, 2.24) is 10.3 Å². The van der Waals surface area contributed by atoms with Crippen LogP contribution in [0.4, 0.5) is 0 Å². The van der Waals surface area contributed by atoms with Crippen LogP contribution in [0.1, 0.15) is 39.4 Å². The molecule has 92 valence electrons. The Labute approximate surface area is 102 Å². The van der Waals surface area contributed by atoms with Gasteiger partial charge in [0.2, 0.25) is 0 Å². The van der Waals surface area contributed by atoms with Gasteiger partial charge in [-0.15, -0.1) is 11.3 Å². The number of nitrogens with zero attached hydrogens (tertiary/aromatic N) is 1. The molecule has 1 rings (SSSR count). The van der Waals surface area contributed by atoms with Crippen LogP contribution in [0.2, 0.25) is 0 Å². The number of hydrogen-bond acceptors (Lipinski definition) is 4. The van der Waals surface area contributed by atoms with E-state index >= 15 is 0 Å². The minimum atomic E-state index is 0.295. The molecule has 0 spiro atoms. The molecule has 0 radical (unpaired) electrons. The van der Waals surface area contributed by atoms with Crippen LogP contribution in [0, 0.1) is 5.92 Å². The van der Waals surface area contributed by atoms with Crippen molar-refractivity contribution >= 4 is 11.3 Å². The standard InChI is InChI=1S/C12H22N2OS/c1-9(2)5-15-6-10(3)14-11(4)12-7-16-8-13-12/h7-11,14H,5-6H2,1-4H3. The summed E-state index contributed by atoms with van der Waals surface area (Å²) in [7, 11) is 0. The second kappa shape index (κ2) is 6.99. The number of aromatic nitrogens is 1. The third kappa shape index (κ3) is 5.05. The monoisotopic (exact) mass is 242 g/mol. The van der Waals surface area contributed by atoms with Crippen molar-refractivity contribution in [3.63, 3.8) is 0 Å². The van der Waals surface area contributed by atoms with Gasteiger partial charge in [-0.3, -0.25) is 0 Å². The van der Waals surface area contributed by atoms with E-state index < -0.39 is 0 Å². The van der Waals surface area contributed by atoms with Gasteiger partial charge in [0.25, 0.3) is 0 Å². The van der Waals surface area contributed by atoms with Gasteiger partial charge in [-0.2, -0.15) is 0 Å². The van der Waals surface area contributed by atoms with E-state index in [1.807, 2.05) is 5.51 Å². The normalized spacial score (nSPS) is 15.3. The molecule has 1 aromatic heterocycles. The van der Waals surface area contributed by atoms with Crippen LogP contribution in [0.5, 0.6) is 0 Å². The van der Waals surface area contributed by atoms with Crippen LogP contribution >= 0.6 is 11.3 Å². The smallest absolute Gasteiger partial charge is 0.0795 e. The van der Waals surface area contributed by atoms with E-state index in [1.54, 1.807) is 11.3 Å². The van der Waals surface area contributed by atoms with Gasteiger partial charge < -0.3 is 10.1 Å². The summed E-state index contributed by atoms with van der Waals surface area (Å²) in [5.41, 5.74) is 2.98. The molecule has 1 N–H and O–H groups in total. The number of thiazole rings is 1. The molecular weight excluding hydrogens is 220 g/mol. The Balaban J connectivity index is 2.21. The summed E-state index contributed by atoms with van der Waals surface area (Å²) in [5.74, 6) is 0.600. The lowest BCUT2D eigenvalue weighted by Gasteiger charge is -2.19. The predicted molar refractivity (Wildman–Crippen MR) is 68.8 cm³/mol. The average Bonchev–Trinajstić information content (AvgIpc) is 2.69. The fraction of sp³-hybridized carbons (Fsp3) is 0.750. The number of hydrogen-bond donors (Lipinski definition) is 1. The van der Waals surface area contributed by atoms with Gasteiger partial charge >= 0.3 is 0 Å². The van der Waals surface area contributed by atoms with Crippen LogP contribution in [-0.2, 0) is 4.74 Å². The summed E-state index contributed by atoms with van der Waals surface area (Å²) < 4.78 is 5.59. The van der Waals surface area contributed by atoms with Crippen molar-refractivity contribution < 1.29 is 4.74 Å². The summed E-state index contributed by atoms with van der Waals surface area (Å²) in [5, 5.41) is 5.56. The third-order valence-electron chi connectivity index (χ3n) is 2.25. The molecule has 4 heteroatoms. The molecule has 16 heavy (non-hydrogen) atoms. The van der Waals surface area contributed by atoms with Gasteiger partial charge in [-0.25, -0.2) is 4.98 Å². The lowest BCUT2D eigenvalue weighted by molar-refractivity contribution is 0.0914. The highest BCUT2D eigenvalue weighted by Gasteiger charge is 2.10. The molecule has 2 unspecified atom stereocenters. The molecule has 0 saturated carbocycles. The van der Waals surface area contributed by atoms with E-state index in [2.05, 4.69) is 43.4 Å². The molecular formula is C12H22N2OS. The Kier molecular flexibility index (Phi) is 5.95. The highest BCUT2D eigenvalue weighted by Crippen LogP contribution is 2.12. The maximum Gasteiger partial charge on any atom is 0.0795 e. The van der Waals surface area contributed by atoms with Crippen molar-refractivity contribution in [2.45, 2.75) is 39.8 Å². The first-order valence-electron chi connectivity index (χ1n) is 5.81. The third-order valence-corrected chi connectivity index (χ3v) is 2.85. The number of rotatable bonds is 7. The van der Waals surface area contributed by atoms with Crippen molar-refractivity contribution in [3.8, 4) is 0 Å². The van der Waals surface area contributed by atoms with Crippen LogP contribution < -0.4 is 5.32 Å². The Morgan fingerprint density at radius 1 is 1.31 bits per heavy atom. The van der Waals surface area contributed by atoms with E-state index in [0.29, 0.717) is 18.0 Å². The quantitative estimate of drug-likeness (QED) is 0.798. The molecule has 0 bridgehead atoms. The van der Waals surface area contributed by atoms with Gasteiger partial charge in [-0.1, -0.05) is 13.8 Å². The summed E-state index contributed by atoms with van der Waals surface area (Å²) in [4.78, 5) is 4.29. The van der Waals surface area contributed by atoms with E-state index in [-0.39, 0.29) is 0 Å². The molecule has 3 nitrogen and oxygen atoms in total. The highest BCUT2D eigenvalue weighted by molar-refractivity contribution is 7.07. The zero-order valence-corrected chi connectivity index (χ0v) is 11.4. The molecule has 1 heterocycles. The molecule has 0 aliphatic carbocycles. The van der Waals surface area contributed by atoms with Gasteiger partial charge in [0.05, 0.1) is 17.8 Å². The van der Waals surface area contributed by atoms with Crippen LogP contribution in [-0.4, -0.2) is 24.2 Å². The lowest BCUT2D eigenvalue weighted by Crippen LogP contribution is -2.33. The van der Waals surface area contributed by atoms with Gasteiger partial charge in [-0.05, 0) is 19.8 Å². The summed E-state index contributed by atoms with van der Waals surface area (Å²) in [6.07, 6.45) is 0. The first kappa shape index (κ1) is 13.6. The van der Waals surface area contributed by atoms with Crippen molar-refractivity contribution in [2.75, 3.05) is 13.2 Å². The lowest BCUT2D eigenvalue weighted by atomic mass is 10.2. The van der Waals surface area contributed by atoms with Crippen LogP contribution in [0.15, 0.2) is 10.9 Å². The maximum atomic E-state index is 5.59. The Morgan fingerprint density at radius 3 is 2.62 bits per heavy atom. The zero-order chi connectivity index (χ0) is 12.0. The largest absolute Gasteiger partial charge is 0.380 e. The molecule has 0 aliphatic rings. The molecule has 0 amide bonds. The van der Waals surface area contributed by atoms with Crippen molar-refractivity contribution in [2.24, 2.45) is 5.92 Å². The zero-order valence-electron chi connectivity index (χ0n) is 10.6. The Bertz CT molecular complexity index is 275. The van der Waals surface area contributed by atoms with E-state index in [1.165, 1.54) is 0 Å². The predicted octanol–water partition coefficient (Wildman–Crippen LogP) is 2.85. The second-order valence-electron chi connectivity index (χ2n) is 4.63. The Morgan fingerprint density at radius 2 is 2.06 bits per heavy atom. The van der Waals surface area contributed by atoms with Gasteiger partial charge in [0.15, 0.2) is 0 Å². The molecule has 0 fully saturated rings. The number of nitrogens with one attached hydrogen (secondary N) is 1. The van der Waals surface area contributed by atoms with E-state index in [0.717, 1.165) is 18.9 Å². The minimum Gasteiger partial charge on any atom is -0.380 e. The van der Waals surface area contributed by atoms with Crippen molar-refractivity contribution in [3.05, 3.63) is 16.6 Å². The minimum absolute atomic E-state index is 0.295. The topological polar surface area (TPSA) is 34.1 Å². The first-order valence-corrected chi connectivity index (χ1v) is 6.75. The van der Waals surface area contributed by atoms with Crippen LogP contribution in [0.3, 0.4) is 0 Å². The van der Waals surface area contributed by atoms with E-state index in [9.17, 15) is 0 Å². The fourth-order valence-corrected chi connectivity index (χ4v) is 2.12. The molecule has 0 saturated heterocycles. The number of ether oxygens (including phenoxy) is 1. The van der Waals surface area contributed by atoms with Crippen LogP contribution in [0.25, 0.3) is 0 Å². The average molecular weight is 242 g/mol. The fourth-order valence-electron chi connectivity index (χ4n) is 1.48. The molecule has 0 aliphatic heterocycles. The summed E-state index contributed by atoms with van der Waals surface area (Å²) in [6.45, 7) is 10.2. The second-order valence-corrected chi connectivity index (χ2v) is 5.35. The molecule has 1 aromatic rings. The molecule has 0 aromatic carbocycles. The summed E-state index contributed by atoms with van der Waals surface area (Å²) >= 11 is 1.63. The molecule has 2 atom stereocenters. The SMILES string of the molecule is CC(C)COCC(C)NC(C)c1cscn1. The maximum absolute atomic E-state index is 5.59. The van der Waals surface area contributed by atoms with E-state index in [4.69, 9.17) is 4.74 Å². The van der Waals surface area contributed by atoms with Gasteiger partial charge in [0, 0.05) is 24.1 Å². The highest BCUT2D eigenvalue weighted by atomic mass is 32.1. The summed E-state index contributed by atoms with van der Waals surface area (Å²) in [6, 6.07) is 0.652. The first-order chi connectivity index (χ1) is 7.59. The van der Waals surface area contributed by atoms with Gasteiger partial charge in [0.1, 0.15) is 0 Å².